The van der Waals surface area contributed by atoms with Crippen molar-refractivity contribution in [3.8, 4) is 6.07 Å². The molecule has 1 N–H and O–H groups in total. The van der Waals surface area contributed by atoms with Gasteiger partial charge in [0.05, 0.1) is 6.07 Å². The molecule has 0 aliphatic carbocycles. The van der Waals surface area contributed by atoms with E-state index >= 15 is 0 Å². The van der Waals surface area contributed by atoms with E-state index in [1.807, 2.05) is 25.4 Å². The minimum atomic E-state index is -0.142. The summed E-state index contributed by atoms with van der Waals surface area (Å²) in [4.78, 5) is 5.16. The van der Waals surface area contributed by atoms with Gasteiger partial charge in [-0.05, 0) is 32.1 Å². The number of rotatable bonds is 5. The zero-order chi connectivity index (χ0) is 10.4. The number of nitriles is 1. The van der Waals surface area contributed by atoms with Crippen LogP contribution >= 0.6 is 0 Å². The molecule has 0 amide bonds. The summed E-state index contributed by atoms with van der Waals surface area (Å²) in [6.45, 7) is 3.12. The van der Waals surface area contributed by atoms with Crippen LogP contribution in [0.5, 0.6) is 0 Å². The van der Waals surface area contributed by atoms with Crippen LogP contribution in [0, 0.1) is 11.3 Å². The molecule has 1 aromatic rings. The van der Waals surface area contributed by atoms with Crippen molar-refractivity contribution in [3.63, 3.8) is 0 Å². The van der Waals surface area contributed by atoms with Crippen molar-refractivity contribution in [1.82, 2.24) is 9.88 Å². The van der Waals surface area contributed by atoms with Crippen LogP contribution in [0.3, 0.4) is 0 Å². The Balaban J connectivity index is 2.59. The molecule has 3 heteroatoms. The van der Waals surface area contributed by atoms with Gasteiger partial charge >= 0.3 is 0 Å². The molecular weight excluding hydrogens is 174 g/mol. The fourth-order valence-corrected chi connectivity index (χ4v) is 1.46. The first-order valence-electron chi connectivity index (χ1n) is 5.02. The number of nitrogens with zero attached hydrogens (tertiary/aromatic N) is 2. The van der Waals surface area contributed by atoms with Crippen LogP contribution in [0.25, 0.3) is 0 Å². The zero-order valence-electron chi connectivity index (χ0n) is 8.83. The number of H-pyrrole nitrogens is 1. The van der Waals surface area contributed by atoms with E-state index in [4.69, 9.17) is 5.26 Å². The Labute approximate surface area is 85.3 Å². The Bertz CT molecular complexity index is 284. The maximum Gasteiger partial charge on any atom is 0.138 e. The Hall–Kier alpha value is -1.27. The molecule has 1 atom stereocenters. The van der Waals surface area contributed by atoms with E-state index in [9.17, 15) is 0 Å². The summed E-state index contributed by atoms with van der Waals surface area (Å²) < 4.78 is 0. The molecule has 0 aliphatic heterocycles. The molecule has 0 radical (unpaired) electrons. The average Bonchev–Trinajstić information content (AvgIpc) is 2.69. The van der Waals surface area contributed by atoms with Gasteiger partial charge < -0.3 is 4.98 Å². The van der Waals surface area contributed by atoms with E-state index in [1.165, 1.54) is 0 Å². The van der Waals surface area contributed by atoms with Crippen molar-refractivity contribution in [1.29, 1.82) is 5.26 Å². The van der Waals surface area contributed by atoms with Gasteiger partial charge in [0, 0.05) is 11.9 Å². The molecule has 0 aromatic carbocycles. The van der Waals surface area contributed by atoms with Crippen LogP contribution in [-0.4, -0.2) is 23.5 Å². The Morgan fingerprint density at radius 1 is 1.64 bits per heavy atom. The summed E-state index contributed by atoms with van der Waals surface area (Å²) >= 11 is 0. The number of hydrogen-bond donors (Lipinski definition) is 1. The molecule has 1 unspecified atom stereocenters. The van der Waals surface area contributed by atoms with Crippen molar-refractivity contribution in [2.75, 3.05) is 13.6 Å². The smallest absolute Gasteiger partial charge is 0.138 e. The fraction of sp³-hybridized carbons (Fsp3) is 0.545. The highest BCUT2D eigenvalue weighted by molar-refractivity contribution is 5.16. The first kappa shape index (κ1) is 10.8. The van der Waals surface area contributed by atoms with Crippen LogP contribution in [0.15, 0.2) is 18.3 Å². The van der Waals surface area contributed by atoms with Crippen LogP contribution in [0.1, 0.15) is 31.5 Å². The molecule has 14 heavy (non-hydrogen) atoms. The first-order chi connectivity index (χ1) is 6.79. The maximum absolute atomic E-state index is 9.06. The second kappa shape index (κ2) is 5.46. The monoisotopic (exact) mass is 191 g/mol. The lowest BCUT2D eigenvalue weighted by molar-refractivity contribution is 0.283. The van der Waals surface area contributed by atoms with Crippen molar-refractivity contribution in [2.45, 2.75) is 25.8 Å². The SMILES string of the molecule is CCCCN(C)C(C#N)c1ccc[nH]1. The standard InChI is InChI=1S/C11H17N3/c1-3-4-8-14(2)11(9-12)10-6-5-7-13-10/h5-7,11,13H,3-4,8H2,1-2H3. The number of hydrogen-bond acceptors (Lipinski definition) is 2. The minimum absolute atomic E-state index is 0.142. The summed E-state index contributed by atoms with van der Waals surface area (Å²) in [6, 6.07) is 6.04. The largest absolute Gasteiger partial charge is 0.363 e. The third-order valence-corrected chi connectivity index (χ3v) is 2.34. The van der Waals surface area contributed by atoms with Crippen molar-refractivity contribution >= 4 is 0 Å². The van der Waals surface area contributed by atoms with Gasteiger partial charge in [-0.1, -0.05) is 13.3 Å². The second-order valence-corrected chi connectivity index (χ2v) is 3.49. The van der Waals surface area contributed by atoms with Gasteiger partial charge in [-0.25, -0.2) is 0 Å². The summed E-state index contributed by atoms with van der Waals surface area (Å²) in [6.07, 6.45) is 4.15. The van der Waals surface area contributed by atoms with Crippen molar-refractivity contribution in [3.05, 3.63) is 24.0 Å². The molecule has 0 fully saturated rings. The molecule has 76 valence electrons. The average molecular weight is 191 g/mol. The highest BCUT2D eigenvalue weighted by atomic mass is 15.1. The molecule has 0 bridgehead atoms. The Morgan fingerprint density at radius 2 is 2.43 bits per heavy atom. The van der Waals surface area contributed by atoms with Crippen LogP contribution in [0.4, 0.5) is 0 Å². The van der Waals surface area contributed by atoms with Crippen LogP contribution < -0.4 is 0 Å². The highest BCUT2D eigenvalue weighted by Crippen LogP contribution is 2.16. The van der Waals surface area contributed by atoms with E-state index < -0.39 is 0 Å². The van der Waals surface area contributed by atoms with E-state index in [0.717, 1.165) is 25.1 Å². The van der Waals surface area contributed by atoms with Gasteiger partial charge in [-0.15, -0.1) is 0 Å². The van der Waals surface area contributed by atoms with Gasteiger partial charge in [-0.2, -0.15) is 5.26 Å². The number of nitrogens with one attached hydrogen (secondary N) is 1. The topological polar surface area (TPSA) is 42.8 Å². The second-order valence-electron chi connectivity index (χ2n) is 3.49. The maximum atomic E-state index is 9.06. The third-order valence-electron chi connectivity index (χ3n) is 2.34. The van der Waals surface area contributed by atoms with Crippen molar-refractivity contribution in [2.24, 2.45) is 0 Å². The van der Waals surface area contributed by atoms with E-state index in [1.54, 1.807) is 0 Å². The molecule has 1 aromatic heterocycles. The van der Waals surface area contributed by atoms with Gasteiger partial charge in [0.25, 0.3) is 0 Å². The number of aromatic nitrogens is 1. The fourth-order valence-electron chi connectivity index (χ4n) is 1.46. The quantitative estimate of drug-likeness (QED) is 0.776. The summed E-state index contributed by atoms with van der Waals surface area (Å²) in [5.74, 6) is 0. The molecule has 0 spiro atoms. The lowest BCUT2D eigenvalue weighted by Gasteiger charge is -2.21. The lowest BCUT2D eigenvalue weighted by atomic mass is 10.2. The molecule has 0 aliphatic rings. The summed E-state index contributed by atoms with van der Waals surface area (Å²) in [5.41, 5.74) is 0.978. The van der Waals surface area contributed by atoms with Crippen LogP contribution in [-0.2, 0) is 0 Å². The highest BCUT2D eigenvalue weighted by Gasteiger charge is 2.15. The zero-order valence-corrected chi connectivity index (χ0v) is 8.83. The van der Waals surface area contributed by atoms with Gasteiger partial charge in [0.1, 0.15) is 6.04 Å². The molecule has 0 saturated carbocycles. The summed E-state index contributed by atoms with van der Waals surface area (Å²) in [5, 5.41) is 9.06. The van der Waals surface area contributed by atoms with E-state index in [0.29, 0.717) is 0 Å². The normalized spacial score (nSPS) is 12.7. The third kappa shape index (κ3) is 2.61. The number of unbranched alkanes of at least 4 members (excludes halogenated alkanes) is 1. The molecule has 1 rings (SSSR count). The summed E-state index contributed by atoms with van der Waals surface area (Å²) in [7, 11) is 1.99. The van der Waals surface area contributed by atoms with Gasteiger partial charge in [0.15, 0.2) is 0 Å². The van der Waals surface area contributed by atoms with Crippen LogP contribution in [0.2, 0.25) is 0 Å². The van der Waals surface area contributed by atoms with Crippen molar-refractivity contribution < 1.29 is 0 Å². The van der Waals surface area contributed by atoms with Gasteiger partial charge in [0.2, 0.25) is 0 Å². The molecule has 1 heterocycles. The minimum Gasteiger partial charge on any atom is -0.363 e. The Morgan fingerprint density at radius 3 is 2.93 bits per heavy atom. The predicted molar refractivity (Wildman–Crippen MR) is 56.7 cm³/mol. The molecule has 0 saturated heterocycles. The van der Waals surface area contributed by atoms with E-state index in [2.05, 4.69) is 22.9 Å². The van der Waals surface area contributed by atoms with E-state index in [-0.39, 0.29) is 6.04 Å². The Kier molecular flexibility index (Phi) is 4.21. The lowest BCUT2D eigenvalue weighted by Crippen LogP contribution is -2.24. The first-order valence-corrected chi connectivity index (χ1v) is 5.02. The molecule has 3 nitrogen and oxygen atoms in total. The predicted octanol–water partition coefficient (Wildman–Crippen LogP) is 2.31. The molecular formula is C11H17N3. The van der Waals surface area contributed by atoms with Gasteiger partial charge in [-0.3, -0.25) is 4.90 Å². The number of aromatic amines is 1.